The summed E-state index contributed by atoms with van der Waals surface area (Å²) in [6.07, 6.45) is 0. The summed E-state index contributed by atoms with van der Waals surface area (Å²) < 4.78 is 0. The summed E-state index contributed by atoms with van der Waals surface area (Å²) in [4.78, 5) is 16.0. The van der Waals surface area contributed by atoms with E-state index < -0.39 is 12.0 Å². The molecule has 2 rings (SSSR count). The fourth-order valence-corrected chi connectivity index (χ4v) is 2.69. The van der Waals surface area contributed by atoms with Crippen molar-refractivity contribution in [3.05, 3.63) is 35.4 Å². The summed E-state index contributed by atoms with van der Waals surface area (Å²) in [5, 5.41) is 9.54. The van der Waals surface area contributed by atoms with Crippen LogP contribution >= 0.6 is 0 Å². The van der Waals surface area contributed by atoms with E-state index in [9.17, 15) is 9.90 Å². The number of piperazine rings is 1. The minimum Gasteiger partial charge on any atom is -0.480 e. The summed E-state index contributed by atoms with van der Waals surface area (Å²) in [5.74, 6) is -0.754. The Hall–Kier alpha value is -1.39. The van der Waals surface area contributed by atoms with Gasteiger partial charge in [-0.25, -0.2) is 0 Å². The number of carboxylic acids is 1. The SMILES string of the molecule is CCN1CCN(C(C(=O)O)c2cccc(C)c2)CC1. The van der Waals surface area contributed by atoms with Crippen LogP contribution in [0.5, 0.6) is 0 Å². The van der Waals surface area contributed by atoms with E-state index in [1.807, 2.05) is 31.2 Å². The Morgan fingerprint density at radius 2 is 2.00 bits per heavy atom. The van der Waals surface area contributed by atoms with Crippen molar-refractivity contribution >= 4 is 5.97 Å². The summed E-state index contributed by atoms with van der Waals surface area (Å²) in [6, 6.07) is 7.31. The highest BCUT2D eigenvalue weighted by Gasteiger charge is 2.29. The lowest BCUT2D eigenvalue weighted by molar-refractivity contribution is -0.144. The van der Waals surface area contributed by atoms with Crippen molar-refractivity contribution in [1.29, 1.82) is 0 Å². The number of aryl methyl sites for hydroxylation is 1. The van der Waals surface area contributed by atoms with Crippen molar-refractivity contribution in [3.8, 4) is 0 Å². The average molecular weight is 262 g/mol. The smallest absolute Gasteiger partial charge is 0.325 e. The van der Waals surface area contributed by atoms with Gasteiger partial charge in [-0.15, -0.1) is 0 Å². The maximum absolute atomic E-state index is 11.6. The van der Waals surface area contributed by atoms with Gasteiger partial charge in [0, 0.05) is 26.2 Å². The van der Waals surface area contributed by atoms with Crippen LogP contribution in [-0.2, 0) is 4.79 Å². The summed E-state index contributed by atoms with van der Waals surface area (Å²) in [6.45, 7) is 8.72. The topological polar surface area (TPSA) is 43.8 Å². The van der Waals surface area contributed by atoms with Crippen LogP contribution in [0.15, 0.2) is 24.3 Å². The highest BCUT2D eigenvalue weighted by molar-refractivity contribution is 5.75. The summed E-state index contributed by atoms with van der Waals surface area (Å²) in [5.41, 5.74) is 1.99. The molecule has 1 heterocycles. The molecule has 0 spiro atoms. The Morgan fingerprint density at radius 3 is 2.53 bits per heavy atom. The Morgan fingerprint density at radius 1 is 1.32 bits per heavy atom. The van der Waals surface area contributed by atoms with Gasteiger partial charge in [0.25, 0.3) is 0 Å². The van der Waals surface area contributed by atoms with Gasteiger partial charge in [0.05, 0.1) is 0 Å². The molecule has 0 radical (unpaired) electrons. The quantitative estimate of drug-likeness (QED) is 0.898. The zero-order chi connectivity index (χ0) is 13.8. The van der Waals surface area contributed by atoms with E-state index in [1.165, 1.54) is 0 Å². The molecular weight excluding hydrogens is 240 g/mol. The maximum atomic E-state index is 11.6. The lowest BCUT2D eigenvalue weighted by Gasteiger charge is -2.37. The molecule has 1 aliphatic rings. The van der Waals surface area contributed by atoms with Gasteiger partial charge in [-0.1, -0.05) is 36.8 Å². The Balaban J connectivity index is 2.15. The van der Waals surface area contributed by atoms with Crippen LogP contribution in [0.2, 0.25) is 0 Å². The van der Waals surface area contributed by atoms with Crippen LogP contribution in [0.1, 0.15) is 24.1 Å². The van der Waals surface area contributed by atoms with Gasteiger partial charge >= 0.3 is 5.97 Å². The van der Waals surface area contributed by atoms with Gasteiger partial charge in [-0.3, -0.25) is 9.69 Å². The fourth-order valence-electron chi connectivity index (χ4n) is 2.69. The molecule has 0 saturated carbocycles. The molecule has 104 valence electrons. The zero-order valence-corrected chi connectivity index (χ0v) is 11.7. The lowest BCUT2D eigenvalue weighted by atomic mass is 10.0. The first-order valence-electron chi connectivity index (χ1n) is 6.87. The van der Waals surface area contributed by atoms with E-state index in [2.05, 4.69) is 16.7 Å². The van der Waals surface area contributed by atoms with Gasteiger partial charge in [0.1, 0.15) is 6.04 Å². The van der Waals surface area contributed by atoms with Crippen LogP contribution in [0.4, 0.5) is 0 Å². The minimum atomic E-state index is -0.754. The minimum absolute atomic E-state index is 0.515. The van der Waals surface area contributed by atoms with E-state index >= 15 is 0 Å². The molecule has 4 heteroatoms. The van der Waals surface area contributed by atoms with Gasteiger partial charge in [0.2, 0.25) is 0 Å². The number of rotatable bonds is 4. The normalized spacial score (nSPS) is 19.3. The second-order valence-electron chi connectivity index (χ2n) is 5.13. The number of carboxylic acid groups (broad SMARTS) is 1. The van der Waals surface area contributed by atoms with Gasteiger partial charge < -0.3 is 10.0 Å². The molecule has 1 aromatic rings. The Kier molecular flexibility index (Phi) is 4.56. The standard InChI is InChI=1S/C15H22N2O2/c1-3-16-7-9-17(10-8-16)14(15(18)19)13-6-4-5-12(2)11-13/h4-6,11,14H,3,7-10H2,1-2H3,(H,18,19). The number of benzene rings is 1. The third-order valence-corrected chi connectivity index (χ3v) is 3.81. The second kappa shape index (κ2) is 6.17. The molecule has 1 unspecified atom stereocenters. The lowest BCUT2D eigenvalue weighted by Crippen LogP contribution is -2.49. The largest absolute Gasteiger partial charge is 0.480 e. The first kappa shape index (κ1) is 14.0. The molecule has 1 saturated heterocycles. The van der Waals surface area contributed by atoms with E-state index in [4.69, 9.17) is 0 Å². The van der Waals surface area contributed by atoms with Crippen LogP contribution in [0.3, 0.4) is 0 Å². The monoisotopic (exact) mass is 262 g/mol. The van der Waals surface area contributed by atoms with Gasteiger partial charge in [-0.05, 0) is 19.0 Å². The molecule has 1 aromatic carbocycles. The number of hydrogen-bond acceptors (Lipinski definition) is 3. The molecule has 0 aliphatic carbocycles. The van der Waals surface area contributed by atoms with Gasteiger partial charge in [0.15, 0.2) is 0 Å². The number of carbonyl (C=O) groups is 1. The van der Waals surface area contributed by atoms with Crippen molar-refractivity contribution in [3.63, 3.8) is 0 Å². The molecule has 1 aliphatic heterocycles. The number of likely N-dealkylation sites (N-methyl/N-ethyl adjacent to an activating group) is 1. The highest BCUT2D eigenvalue weighted by Crippen LogP contribution is 2.23. The van der Waals surface area contributed by atoms with Crippen molar-refractivity contribution in [1.82, 2.24) is 9.80 Å². The molecule has 1 N–H and O–H groups in total. The number of hydrogen-bond donors (Lipinski definition) is 1. The third kappa shape index (κ3) is 3.33. The maximum Gasteiger partial charge on any atom is 0.325 e. The van der Waals surface area contributed by atoms with E-state index in [0.717, 1.165) is 43.9 Å². The Bertz CT molecular complexity index is 440. The summed E-state index contributed by atoms with van der Waals surface area (Å²) in [7, 11) is 0. The van der Waals surface area contributed by atoms with Crippen LogP contribution < -0.4 is 0 Å². The first-order valence-corrected chi connectivity index (χ1v) is 6.87. The average Bonchev–Trinajstić information content (AvgIpc) is 2.39. The predicted molar refractivity (Wildman–Crippen MR) is 75.2 cm³/mol. The zero-order valence-electron chi connectivity index (χ0n) is 11.7. The predicted octanol–water partition coefficient (Wildman–Crippen LogP) is 1.76. The molecule has 0 aromatic heterocycles. The molecule has 1 fully saturated rings. The van der Waals surface area contributed by atoms with Crippen molar-refractivity contribution in [2.75, 3.05) is 32.7 Å². The molecule has 4 nitrogen and oxygen atoms in total. The van der Waals surface area contributed by atoms with E-state index in [-0.39, 0.29) is 0 Å². The molecule has 0 amide bonds. The molecule has 0 bridgehead atoms. The first-order chi connectivity index (χ1) is 9.11. The number of nitrogens with zero attached hydrogens (tertiary/aromatic N) is 2. The Labute approximate surface area is 114 Å². The molecular formula is C15H22N2O2. The van der Waals surface area contributed by atoms with Crippen LogP contribution in [0, 0.1) is 6.92 Å². The third-order valence-electron chi connectivity index (χ3n) is 3.81. The summed E-state index contributed by atoms with van der Waals surface area (Å²) >= 11 is 0. The van der Waals surface area contributed by atoms with Crippen molar-refractivity contribution in [2.45, 2.75) is 19.9 Å². The van der Waals surface area contributed by atoms with Gasteiger partial charge in [-0.2, -0.15) is 0 Å². The molecule has 1 atom stereocenters. The van der Waals surface area contributed by atoms with Crippen molar-refractivity contribution in [2.24, 2.45) is 0 Å². The van der Waals surface area contributed by atoms with E-state index in [0.29, 0.717) is 0 Å². The highest BCUT2D eigenvalue weighted by atomic mass is 16.4. The van der Waals surface area contributed by atoms with Crippen LogP contribution in [0.25, 0.3) is 0 Å². The van der Waals surface area contributed by atoms with Crippen molar-refractivity contribution < 1.29 is 9.90 Å². The number of aliphatic carboxylic acids is 1. The van der Waals surface area contributed by atoms with Crippen LogP contribution in [-0.4, -0.2) is 53.6 Å². The van der Waals surface area contributed by atoms with E-state index in [1.54, 1.807) is 0 Å². The second-order valence-corrected chi connectivity index (χ2v) is 5.13. The molecule has 19 heavy (non-hydrogen) atoms. The fraction of sp³-hybridized carbons (Fsp3) is 0.533.